The van der Waals surface area contributed by atoms with Crippen LogP contribution in [0, 0.1) is 0 Å². The van der Waals surface area contributed by atoms with Gasteiger partial charge in [-0.05, 0) is 36.2 Å². The molecule has 3 aromatic rings. The Hall–Kier alpha value is -2.17. The number of nitrogens with zero attached hydrogens (tertiary/aromatic N) is 2. The Kier molecular flexibility index (Phi) is 9.06. The zero-order chi connectivity index (χ0) is 19.4. The molecule has 158 valence electrons. The lowest BCUT2D eigenvalue weighted by Crippen LogP contribution is -2.37. The Morgan fingerprint density at radius 1 is 1.17 bits per heavy atom. The van der Waals surface area contributed by atoms with Gasteiger partial charge in [0.15, 0.2) is 0 Å². The summed E-state index contributed by atoms with van der Waals surface area (Å²) in [6.07, 6.45) is 2.17. The number of nitrogens with one attached hydrogen (secondary N) is 2. The highest BCUT2D eigenvalue weighted by Crippen LogP contribution is 2.24. The quantitative estimate of drug-likeness (QED) is 0.501. The molecule has 1 aromatic carbocycles. The van der Waals surface area contributed by atoms with Gasteiger partial charge in [0.1, 0.15) is 5.65 Å². The molecule has 29 heavy (non-hydrogen) atoms. The van der Waals surface area contributed by atoms with Crippen LogP contribution < -0.4 is 16.0 Å². The first-order chi connectivity index (χ1) is 12.9. The molecular weight excluding hydrogens is 437 g/mol. The van der Waals surface area contributed by atoms with Crippen molar-refractivity contribution in [2.75, 3.05) is 18.4 Å². The van der Waals surface area contributed by atoms with Crippen LogP contribution in [0.1, 0.15) is 12.5 Å². The van der Waals surface area contributed by atoms with Gasteiger partial charge < -0.3 is 10.3 Å². The fourth-order valence-electron chi connectivity index (χ4n) is 2.85. The Balaban J connectivity index is 0.00000210. The number of anilines is 2. The highest BCUT2D eigenvalue weighted by atomic mass is 35.5. The van der Waals surface area contributed by atoms with Crippen molar-refractivity contribution in [2.45, 2.75) is 13.3 Å². The summed E-state index contributed by atoms with van der Waals surface area (Å²) >= 11 is 0. The molecule has 0 unspecified atom stereocenters. The summed E-state index contributed by atoms with van der Waals surface area (Å²) in [7, 11) is -3.69. The van der Waals surface area contributed by atoms with E-state index in [0.29, 0.717) is 25.2 Å². The van der Waals surface area contributed by atoms with Gasteiger partial charge in [0.25, 0.3) is 10.2 Å². The molecule has 0 spiro atoms. The van der Waals surface area contributed by atoms with Crippen LogP contribution in [0.2, 0.25) is 0 Å². The van der Waals surface area contributed by atoms with E-state index in [4.69, 9.17) is 5.14 Å². The van der Waals surface area contributed by atoms with Crippen molar-refractivity contribution in [3.8, 4) is 0 Å². The Morgan fingerprint density at radius 2 is 1.93 bits per heavy atom. The van der Waals surface area contributed by atoms with Crippen LogP contribution >= 0.6 is 24.8 Å². The van der Waals surface area contributed by atoms with Gasteiger partial charge in [0, 0.05) is 36.4 Å². The first-order valence-corrected chi connectivity index (χ1v) is 9.99. The van der Waals surface area contributed by atoms with Gasteiger partial charge in [-0.2, -0.15) is 12.7 Å². The van der Waals surface area contributed by atoms with Gasteiger partial charge in [0.05, 0.1) is 5.69 Å². The molecule has 0 amide bonds. The van der Waals surface area contributed by atoms with Crippen LogP contribution in [0.3, 0.4) is 0 Å². The molecule has 2 heterocycles. The highest BCUT2D eigenvalue weighted by Gasteiger charge is 2.14. The number of aromatic nitrogens is 2. The van der Waals surface area contributed by atoms with Gasteiger partial charge in [-0.3, -0.25) is 4.79 Å². The predicted octanol–water partition coefficient (Wildman–Crippen LogP) is 2.58. The van der Waals surface area contributed by atoms with E-state index in [2.05, 4.69) is 15.3 Å². The third-order valence-corrected chi connectivity index (χ3v) is 5.36. The molecule has 0 aliphatic carbocycles. The van der Waals surface area contributed by atoms with Crippen LogP contribution in [0.25, 0.3) is 11.0 Å². The van der Waals surface area contributed by atoms with Crippen molar-refractivity contribution in [2.24, 2.45) is 5.14 Å². The zero-order valence-corrected chi connectivity index (χ0v) is 18.1. The molecule has 0 aliphatic heterocycles. The second-order valence-corrected chi connectivity index (χ2v) is 7.60. The fourth-order valence-corrected chi connectivity index (χ4v) is 3.55. The molecule has 0 radical (unpaired) electrons. The van der Waals surface area contributed by atoms with Gasteiger partial charge >= 0.3 is 0 Å². The first kappa shape index (κ1) is 24.9. The third kappa shape index (κ3) is 6.41. The van der Waals surface area contributed by atoms with Crippen molar-refractivity contribution >= 4 is 57.4 Å². The number of rotatable bonds is 7. The first-order valence-electron chi connectivity index (χ1n) is 8.48. The molecule has 0 aliphatic rings. The molecule has 4 N–H and O–H groups in total. The topological polar surface area (TPSA) is 121 Å². The minimum Gasteiger partial charge on any atom is -0.355 e. The molecule has 0 atom stereocenters. The van der Waals surface area contributed by atoms with Crippen LogP contribution in [-0.2, 0) is 16.6 Å². The maximum absolute atomic E-state index is 11.5. The number of halogens is 2. The molecule has 0 fully saturated rings. The van der Waals surface area contributed by atoms with Gasteiger partial charge in [-0.15, -0.1) is 24.8 Å². The monoisotopic (exact) mass is 459 g/mol. The van der Waals surface area contributed by atoms with Crippen molar-refractivity contribution in [3.63, 3.8) is 0 Å². The van der Waals surface area contributed by atoms with Crippen LogP contribution in [0.15, 0.2) is 53.5 Å². The summed E-state index contributed by atoms with van der Waals surface area (Å²) in [6.45, 7) is 2.40. The molecular formula is C18H23Cl2N5O3S. The number of H-pyrrole nitrogens is 1. The van der Waals surface area contributed by atoms with E-state index in [1.165, 1.54) is 10.4 Å². The molecule has 11 heteroatoms. The van der Waals surface area contributed by atoms with Crippen molar-refractivity contribution in [3.05, 3.63) is 64.6 Å². The molecule has 8 nitrogen and oxygen atoms in total. The largest absolute Gasteiger partial charge is 0.355 e. The Morgan fingerprint density at radius 3 is 2.62 bits per heavy atom. The average molecular weight is 460 g/mol. The van der Waals surface area contributed by atoms with Gasteiger partial charge in [-0.25, -0.2) is 10.1 Å². The standard InChI is InChI=1S/C18H21N5O3S.2ClH/c1-2-23(27(19,25)26)11-9-13-4-3-5-14(12-13)21-16-8-10-20-18-15(16)6-7-17(24)22-18;;/h3-8,10,12H,2,9,11H2,1H3,(H2,19,25,26)(H2,20,21,22,24);2*1H. The normalized spacial score (nSPS) is 11.0. The number of nitrogens with two attached hydrogens (primary N) is 1. The SMILES string of the molecule is CCN(CCc1cccc(Nc2ccnc3[nH]c(=O)ccc23)c1)S(N)(=O)=O.Cl.Cl. The number of aromatic amines is 1. The van der Waals surface area contributed by atoms with E-state index >= 15 is 0 Å². The van der Waals surface area contributed by atoms with Crippen molar-refractivity contribution in [1.82, 2.24) is 14.3 Å². The fraction of sp³-hybridized carbons (Fsp3) is 0.222. The summed E-state index contributed by atoms with van der Waals surface area (Å²) in [6, 6.07) is 12.7. The van der Waals surface area contributed by atoms with E-state index in [1.807, 2.05) is 30.3 Å². The third-order valence-electron chi connectivity index (χ3n) is 4.20. The second kappa shape index (κ2) is 10.6. The summed E-state index contributed by atoms with van der Waals surface area (Å²) in [5, 5.41) is 9.32. The molecule has 0 bridgehead atoms. The van der Waals surface area contributed by atoms with E-state index in [0.717, 1.165) is 22.3 Å². The maximum Gasteiger partial charge on any atom is 0.276 e. The molecule has 3 rings (SSSR count). The molecule has 2 aromatic heterocycles. The highest BCUT2D eigenvalue weighted by molar-refractivity contribution is 7.86. The summed E-state index contributed by atoms with van der Waals surface area (Å²) in [4.78, 5) is 18.3. The lowest BCUT2D eigenvalue weighted by molar-refractivity contribution is 0.432. The number of hydrogen-bond donors (Lipinski definition) is 3. The van der Waals surface area contributed by atoms with Crippen molar-refractivity contribution in [1.29, 1.82) is 0 Å². The van der Waals surface area contributed by atoms with E-state index in [-0.39, 0.29) is 30.4 Å². The Labute approximate surface area is 181 Å². The van der Waals surface area contributed by atoms with Gasteiger partial charge in [-0.1, -0.05) is 19.1 Å². The van der Waals surface area contributed by atoms with Gasteiger partial charge in [0.2, 0.25) is 5.56 Å². The number of benzene rings is 1. The van der Waals surface area contributed by atoms with Crippen LogP contribution in [0.5, 0.6) is 0 Å². The number of pyridine rings is 2. The van der Waals surface area contributed by atoms with Crippen molar-refractivity contribution < 1.29 is 8.42 Å². The summed E-state index contributed by atoms with van der Waals surface area (Å²) in [5.41, 5.74) is 2.95. The smallest absolute Gasteiger partial charge is 0.276 e. The minimum atomic E-state index is -3.69. The lowest BCUT2D eigenvalue weighted by Gasteiger charge is -2.17. The predicted molar refractivity (Wildman–Crippen MR) is 121 cm³/mol. The number of fused-ring (bicyclic) bond motifs is 1. The van der Waals surface area contributed by atoms with Crippen LogP contribution in [0.4, 0.5) is 11.4 Å². The molecule has 0 saturated carbocycles. The average Bonchev–Trinajstić information content (AvgIpc) is 2.61. The summed E-state index contributed by atoms with van der Waals surface area (Å²) in [5.74, 6) is 0. The van der Waals surface area contributed by atoms with E-state index in [9.17, 15) is 13.2 Å². The summed E-state index contributed by atoms with van der Waals surface area (Å²) < 4.78 is 24.2. The maximum atomic E-state index is 11.5. The number of hydrogen-bond acceptors (Lipinski definition) is 5. The lowest BCUT2D eigenvalue weighted by atomic mass is 10.1. The van der Waals surface area contributed by atoms with E-state index < -0.39 is 10.2 Å². The second-order valence-electron chi connectivity index (χ2n) is 6.06. The van der Waals surface area contributed by atoms with E-state index in [1.54, 1.807) is 19.2 Å². The van der Waals surface area contributed by atoms with Crippen LogP contribution in [-0.4, -0.2) is 35.8 Å². The number of likely N-dealkylation sites (N-methyl/N-ethyl adjacent to an activating group) is 1. The minimum absolute atomic E-state index is 0. The molecule has 0 saturated heterocycles. The zero-order valence-electron chi connectivity index (χ0n) is 15.7. The Bertz CT molecular complexity index is 1120.